The molecule has 1 aliphatic rings. The van der Waals surface area contributed by atoms with Crippen molar-refractivity contribution in [3.8, 4) is 0 Å². The van der Waals surface area contributed by atoms with Crippen LogP contribution in [0, 0.1) is 0 Å². The van der Waals surface area contributed by atoms with E-state index in [9.17, 15) is 4.79 Å². The molecule has 6 heteroatoms. The lowest BCUT2D eigenvalue weighted by molar-refractivity contribution is -0.0301. The topological polar surface area (TPSA) is 82.2 Å². The van der Waals surface area contributed by atoms with Gasteiger partial charge in [-0.25, -0.2) is 0 Å². The summed E-state index contributed by atoms with van der Waals surface area (Å²) in [7, 11) is 1.77. The first-order valence-electron chi connectivity index (χ1n) is 6.77. The lowest BCUT2D eigenvalue weighted by atomic mass is 9.83. The van der Waals surface area contributed by atoms with Crippen LogP contribution >= 0.6 is 0 Å². The highest BCUT2D eigenvalue weighted by Crippen LogP contribution is 2.23. The van der Waals surface area contributed by atoms with Gasteiger partial charge in [0.2, 0.25) is 0 Å². The van der Waals surface area contributed by atoms with Crippen molar-refractivity contribution in [1.29, 1.82) is 0 Å². The minimum Gasteiger partial charge on any atom is -0.376 e. The van der Waals surface area contributed by atoms with Crippen LogP contribution in [0.1, 0.15) is 36.5 Å². The molecule has 1 saturated carbocycles. The SMILES string of the molecule is CCOC1CC(N)C1NC(=O)c1cc(CC)nn1C. The lowest BCUT2D eigenvalue weighted by Gasteiger charge is -2.42. The van der Waals surface area contributed by atoms with Gasteiger partial charge in [-0.2, -0.15) is 5.10 Å². The van der Waals surface area contributed by atoms with Crippen LogP contribution in [-0.2, 0) is 18.2 Å². The zero-order chi connectivity index (χ0) is 14.0. The molecule has 0 aliphatic heterocycles. The fourth-order valence-corrected chi connectivity index (χ4v) is 2.36. The Hall–Kier alpha value is -1.40. The maximum absolute atomic E-state index is 12.2. The van der Waals surface area contributed by atoms with Gasteiger partial charge in [-0.05, 0) is 25.8 Å². The van der Waals surface area contributed by atoms with E-state index < -0.39 is 0 Å². The quantitative estimate of drug-likeness (QED) is 0.798. The van der Waals surface area contributed by atoms with Crippen molar-refractivity contribution in [2.75, 3.05) is 6.61 Å². The number of nitrogens with zero attached hydrogens (tertiary/aromatic N) is 2. The first-order valence-corrected chi connectivity index (χ1v) is 6.77. The van der Waals surface area contributed by atoms with Crippen molar-refractivity contribution < 1.29 is 9.53 Å². The van der Waals surface area contributed by atoms with Gasteiger partial charge in [0.25, 0.3) is 5.91 Å². The van der Waals surface area contributed by atoms with Crippen molar-refractivity contribution in [3.63, 3.8) is 0 Å². The Labute approximate surface area is 113 Å². The number of amides is 1. The monoisotopic (exact) mass is 266 g/mol. The summed E-state index contributed by atoms with van der Waals surface area (Å²) in [4.78, 5) is 12.2. The van der Waals surface area contributed by atoms with Crippen LogP contribution in [0.25, 0.3) is 0 Å². The molecular formula is C13H22N4O2. The van der Waals surface area contributed by atoms with E-state index in [2.05, 4.69) is 10.4 Å². The first-order chi connectivity index (χ1) is 9.06. The molecule has 3 N–H and O–H groups in total. The highest BCUT2D eigenvalue weighted by atomic mass is 16.5. The highest BCUT2D eigenvalue weighted by molar-refractivity contribution is 5.93. The number of carbonyl (C=O) groups excluding carboxylic acids is 1. The molecule has 3 unspecified atom stereocenters. The third-order valence-electron chi connectivity index (χ3n) is 3.57. The number of hydrogen-bond donors (Lipinski definition) is 2. The van der Waals surface area contributed by atoms with Crippen molar-refractivity contribution >= 4 is 5.91 Å². The van der Waals surface area contributed by atoms with Gasteiger partial charge in [0, 0.05) is 19.7 Å². The molecule has 0 bridgehead atoms. The van der Waals surface area contributed by atoms with Gasteiger partial charge in [0.15, 0.2) is 0 Å². The third kappa shape index (κ3) is 2.79. The Balaban J connectivity index is 2.02. The van der Waals surface area contributed by atoms with Crippen molar-refractivity contribution in [2.45, 2.75) is 44.9 Å². The molecule has 1 aromatic heterocycles. The van der Waals surface area contributed by atoms with Gasteiger partial charge in [-0.3, -0.25) is 9.48 Å². The highest BCUT2D eigenvalue weighted by Gasteiger charge is 2.40. The molecular weight excluding hydrogens is 244 g/mol. The van der Waals surface area contributed by atoms with Gasteiger partial charge in [-0.15, -0.1) is 0 Å². The summed E-state index contributed by atoms with van der Waals surface area (Å²) in [6, 6.07) is 1.68. The Bertz CT molecular complexity index is 455. The van der Waals surface area contributed by atoms with Crippen LogP contribution in [-0.4, -0.2) is 40.5 Å². The summed E-state index contributed by atoms with van der Waals surface area (Å²) in [6.45, 7) is 4.59. The van der Waals surface area contributed by atoms with E-state index in [1.807, 2.05) is 19.9 Å². The number of aromatic nitrogens is 2. The van der Waals surface area contributed by atoms with Crippen LogP contribution in [0.2, 0.25) is 0 Å². The first kappa shape index (κ1) is 14.0. The van der Waals surface area contributed by atoms with E-state index in [1.165, 1.54) is 0 Å². The molecule has 1 aliphatic carbocycles. The molecule has 2 rings (SSSR count). The Morgan fingerprint density at radius 2 is 2.37 bits per heavy atom. The van der Waals surface area contributed by atoms with Crippen molar-refractivity contribution in [2.24, 2.45) is 12.8 Å². The number of nitrogens with two attached hydrogens (primary N) is 1. The van der Waals surface area contributed by atoms with Gasteiger partial charge in [-0.1, -0.05) is 6.92 Å². The predicted octanol–water partition coefficient (Wildman–Crippen LogP) is 0.217. The molecule has 6 nitrogen and oxygen atoms in total. The molecule has 1 heterocycles. The number of ether oxygens (including phenoxy) is 1. The minimum atomic E-state index is -0.139. The molecule has 19 heavy (non-hydrogen) atoms. The van der Waals surface area contributed by atoms with Crippen LogP contribution < -0.4 is 11.1 Å². The molecule has 0 aromatic carbocycles. The number of carbonyl (C=O) groups is 1. The van der Waals surface area contributed by atoms with Crippen LogP contribution in [0.3, 0.4) is 0 Å². The summed E-state index contributed by atoms with van der Waals surface area (Å²) in [5.41, 5.74) is 7.39. The van der Waals surface area contributed by atoms with E-state index in [0.29, 0.717) is 12.3 Å². The molecule has 1 amide bonds. The smallest absolute Gasteiger partial charge is 0.269 e. The number of rotatable bonds is 5. The lowest BCUT2D eigenvalue weighted by Crippen LogP contribution is -2.64. The second-order valence-electron chi connectivity index (χ2n) is 4.89. The van der Waals surface area contributed by atoms with E-state index in [0.717, 1.165) is 18.5 Å². The summed E-state index contributed by atoms with van der Waals surface area (Å²) in [6.07, 6.45) is 1.64. The zero-order valence-electron chi connectivity index (χ0n) is 11.7. The largest absolute Gasteiger partial charge is 0.376 e. The second-order valence-corrected chi connectivity index (χ2v) is 4.89. The number of nitrogens with one attached hydrogen (secondary N) is 1. The maximum atomic E-state index is 12.2. The van der Waals surface area contributed by atoms with E-state index in [1.54, 1.807) is 11.7 Å². The fourth-order valence-electron chi connectivity index (χ4n) is 2.36. The predicted molar refractivity (Wildman–Crippen MR) is 71.8 cm³/mol. The molecule has 0 spiro atoms. The zero-order valence-corrected chi connectivity index (χ0v) is 11.7. The van der Waals surface area contributed by atoms with Crippen molar-refractivity contribution in [3.05, 3.63) is 17.5 Å². The van der Waals surface area contributed by atoms with E-state index in [-0.39, 0.29) is 24.1 Å². The van der Waals surface area contributed by atoms with Crippen LogP contribution in [0.5, 0.6) is 0 Å². The van der Waals surface area contributed by atoms with Crippen LogP contribution in [0.15, 0.2) is 6.07 Å². The average Bonchev–Trinajstić information content (AvgIpc) is 2.77. The Morgan fingerprint density at radius 3 is 2.89 bits per heavy atom. The van der Waals surface area contributed by atoms with Gasteiger partial charge >= 0.3 is 0 Å². The standard InChI is InChI=1S/C13H22N4O2/c1-4-8-6-10(17(3)16-8)13(18)15-12-9(14)7-11(12)19-5-2/h6,9,11-12H,4-5,7,14H2,1-3H3,(H,15,18). The van der Waals surface area contributed by atoms with Gasteiger partial charge in [0.1, 0.15) is 5.69 Å². The molecule has 0 radical (unpaired) electrons. The number of aryl methyl sites for hydroxylation is 2. The molecule has 0 saturated heterocycles. The molecule has 3 atom stereocenters. The van der Waals surface area contributed by atoms with Crippen molar-refractivity contribution in [1.82, 2.24) is 15.1 Å². The second kappa shape index (κ2) is 5.71. The van der Waals surface area contributed by atoms with E-state index in [4.69, 9.17) is 10.5 Å². The molecule has 1 aromatic rings. The molecule has 106 valence electrons. The minimum absolute atomic E-state index is 0.0284. The Kier molecular flexibility index (Phi) is 4.21. The molecule has 1 fully saturated rings. The Morgan fingerprint density at radius 1 is 1.63 bits per heavy atom. The number of hydrogen-bond acceptors (Lipinski definition) is 4. The normalized spacial score (nSPS) is 26.0. The average molecular weight is 266 g/mol. The van der Waals surface area contributed by atoms with Crippen LogP contribution in [0.4, 0.5) is 0 Å². The van der Waals surface area contributed by atoms with Gasteiger partial charge < -0.3 is 15.8 Å². The van der Waals surface area contributed by atoms with Gasteiger partial charge in [0.05, 0.1) is 17.8 Å². The summed E-state index contributed by atoms with van der Waals surface area (Å²) >= 11 is 0. The van der Waals surface area contributed by atoms with E-state index >= 15 is 0 Å². The summed E-state index contributed by atoms with van der Waals surface area (Å²) in [5, 5.41) is 7.21. The summed E-state index contributed by atoms with van der Waals surface area (Å²) < 4.78 is 7.14. The summed E-state index contributed by atoms with van der Waals surface area (Å²) in [5.74, 6) is -0.139. The maximum Gasteiger partial charge on any atom is 0.269 e. The third-order valence-corrected chi connectivity index (χ3v) is 3.57. The fraction of sp³-hybridized carbons (Fsp3) is 0.692.